The van der Waals surface area contributed by atoms with Crippen LogP contribution in [-0.4, -0.2) is 18.7 Å². The van der Waals surface area contributed by atoms with Gasteiger partial charge in [0.2, 0.25) is 0 Å². The van der Waals surface area contributed by atoms with E-state index in [-0.39, 0.29) is 5.91 Å². The lowest BCUT2D eigenvalue weighted by Crippen LogP contribution is -2.25. The van der Waals surface area contributed by atoms with E-state index < -0.39 is 0 Å². The summed E-state index contributed by atoms with van der Waals surface area (Å²) in [5, 5.41) is 2.79. The lowest BCUT2D eigenvalue weighted by atomic mass is 10.2. The molecule has 0 saturated carbocycles. The molecule has 0 aromatic heterocycles. The molecule has 0 atom stereocenters. The van der Waals surface area contributed by atoms with E-state index >= 15 is 0 Å². The Kier molecular flexibility index (Phi) is 5.90. The third kappa shape index (κ3) is 4.61. The molecule has 3 nitrogen and oxygen atoms in total. The van der Waals surface area contributed by atoms with E-state index in [1.54, 1.807) is 36.6 Å². The second kappa shape index (κ2) is 7.79. The number of carbonyl (C=O) groups excluding carboxylic acids is 1. The molecule has 0 saturated heterocycles. The van der Waals surface area contributed by atoms with Gasteiger partial charge in [-0.15, -0.1) is 0 Å². The first-order chi connectivity index (χ1) is 8.77. The van der Waals surface area contributed by atoms with Crippen LogP contribution in [0, 0.1) is 0 Å². The molecule has 0 fully saturated rings. The third-order valence-corrected chi connectivity index (χ3v) is 2.12. The molecule has 0 bridgehead atoms. The highest BCUT2D eigenvalue weighted by Gasteiger charge is 2.03. The summed E-state index contributed by atoms with van der Waals surface area (Å²) in [4.78, 5) is 15.9. The Bertz CT molecular complexity index is 473. The molecule has 1 aromatic carbocycles. The molecule has 1 rings (SSSR count). The molecule has 92 valence electrons. The van der Waals surface area contributed by atoms with E-state index in [1.165, 1.54) is 0 Å². The number of carbonyl (C=O) groups is 1. The van der Waals surface area contributed by atoms with E-state index in [2.05, 4.69) is 23.5 Å². The summed E-state index contributed by atoms with van der Waals surface area (Å²) < 4.78 is 0. The van der Waals surface area contributed by atoms with Crippen molar-refractivity contribution in [2.75, 3.05) is 6.54 Å². The van der Waals surface area contributed by atoms with Gasteiger partial charge >= 0.3 is 0 Å². The Morgan fingerprint density at radius 2 is 1.94 bits per heavy atom. The van der Waals surface area contributed by atoms with Crippen molar-refractivity contribution in [3.8, 4) is 0 Å². The van der Waals surface area contributed by atoms with Gasteiger partial charge < -0.3 is 5.32 Å². The minimum atomic E-state index is -0.126. The first-order valence-corrected chi connectivity index (χ1v) is 5.58. The Balaban J connectivity index is 2.60. The van der Waals surface area contributed by atoms with Gasteiger partial charge in [-0.05, 0) is 18.2 Å². The average Bonchev–Trinajstić information content (AvgIpc) is 2.42. The summed E-state index contributed by atoms with van der Waals surface area (Å²) in [6, 6.07) is 9.04. The van der Waals surface area contributed by atoms with Crippen LogP contribution in [0.15, 0.2) is 72.4 Å². The summed E-state index contributed by atoms with van der Waals surface area (Å²) in [6.07, 6.45) is 6.52. The van der Waals surface area contributed by atoms with E-state index in [9.17, 15) is 4.79 Å². The van der Waals surface area contributed by atoms with Gasteiger partial charge in [0.25, 0.3) is 5.91 Å². The third-order valence-electron chi connectivity index (χ3n) is 2.12. The molecule has 0 aliphatic rings. The van der Waals surface area contributed by atoms with Gasteiger partial charge in [-0.1, -0.05) is 43.5 Å². The van der Waals surface area contributed by atoms with Crippen LogP contribution in [0.5, 0.6) is 0 Å². The standard InChI is InChI=1S/C15H16N2O/c1-3-8-14(16-11-4-2)12-17-15(18)13-9-6-5-7-10-13/h3-11H,1-2,12H2,(H,17,18)/b14-8-,16-11-. The fraction of sp³-hybridized carbons (Fsp3) is 0.0667. The SMILES string of the molecule is C=C/C=N\C(=C/C=C)CNC(=O)c1ccccc1. The molecule has 0 unspecified atom stereocenters. The van der Waals surface area contributed by atoms with Crippen LogP contribution in [0.4, 0.5) is 0 Å². The van der Waals surface area contributed by atoms with Gasteiger partial charge in [0.05, 0.1) is 12.2 Å². The molecule has 1 aromatic rings. The second-order valence-electron chi connectivity index (χ2n) is 3.46. The van der Waals surface area contributed by atoms with Gasteiger partial charge in [-0.2, -0.15) is 0 Å². The van der Waals surface area contributed by atoms with Gasteiger partial charge in [0.15, 0.2) is 0 Å². The van der Waals surface area contributed by atoms with Crippen LogP contribution in [-0.2, 0) is 0 Å². The van der Waals surface area contributed by atoms with Crippen LogP contribution in [0.1, 0.15) is 10.4 Å². The van der Waals surface area contributed by atoms with Crippen LogP contribution in [0.25, 0.3) is 0 Å². The average molecular weight is 240 g/mol. The van der Waals surface area contributed by atoms with E-state index in [0.717, 1.165) is 0 Å². The zero-order valence-electron chi connectivity index (χ0n) is 10.2. The summed E-state index contributed by atoms with van der Waals surface area (Å²) in [7, 11) is 0. The summed E-state index contributed by atoms with van der Waals surface area (Å²) in [5.74, 6) is -0.126. The highest BCUT2D eigenvalue weighted by molar-refractivity contribution is 5.94. The zero-order chi connectivity index (χ0) is 13.2. The molecule has 0 radical (unpaired) electrons. The highest BCUT2D eigenvalue weighted by Crippen LogP contribution is 2.00. The van der Waals surface area contributed by atoms with Crippen LogP contribution in [0.2, 0.25) is 0 Å². The zero-order valence-corrected chi connectivity index (χ0v) is 10.2. The van der Waals surface area contributed by atoms with Gasteiger partial charge in [-0.3, -0.25) is 9.79 Å². The lowest BCUT2D eigenvalue weighted by Gasteiger charge is -2.05. The molecule has 0 aliphatic carbocycles. The number of allylic oxidation sites excluding steroid dienone is 3. The Morgan fingerprint density at radius 3 is 2.56 bits per heavy atom. The number of hydrogen-bond acceptors (Lipinski definition) is 2. The number of rotatable bonds is 6. The van der Waals surface area contributed by atoms with Crippen LogP contribution >= 0.6 is 0 Å². The second-order valence-corrected chi connectivity index (χ2v) is 3.46. The molecule has 0 spiro atoms. The van der Waals surface area contributed by atoms with Crippen molar-refractivity contribution in [3.63, 3.8) is 0 Å². The smallest absolute Gasteiger partial charge is 0.251 e. The number of benzene rings is 1. The monoisotopic (exact) mass is 240 g/mol. The molecule has 0 heterocycles. The van der Waals surface area contributed by atoms with Crippen molar-refractivity contribution in [2.45, 2.75) is 0 Å². The number of aliphatic imine (C=N–C) groups is 1. The van der Waals surface area contributed by atoms with E-state index in [4.69, 9.17) is 0 Å². The fourth-order valence-electron chi connectivity index (χ4n) is 1.29. The maximum absolute atomic E-state index is 11.8. The molecular formula is C15H16N2O. The van der Waals surface area contributed by atoms with Crippen LogP contribution < -0.4 is 5.32 Å². The van der Waals surface area contributed by atoms with E-state index in [1.807, 2.05) is 18.2 Å². The summed E-state index contributed by atoms with van der Waals surface area (Å²) in [6.45, 7) is 7.50. The van der Waals surface area contributed by atoms with Gasteiger partial charge in [-0.25, -0.2) is 0 Å². The van der Waals surface area contributed by atoms with Crippen molar-refractivity contribution in [3.05, 3.63) is 73.0 Å². The summed E-state index contributed by atoms with van der Waals surface area (Å²) in [5.41, 5.74) is 1.34. The quantitative estimate of drug-likeness (QED) is 0.603. The van der Waals surface area contributed by atoms with Gasteiger partial charge in [0.1, 0.15) is 0 Å². The molecular weight excluding hydrogens is 224 g/mol. The lowest BCUT2D eigenvalue weighted by molar-refractivity contribution is 0.0957. The number of hydrogen-bond donors (Lipinski definition) is 1. The van der Waals surface area contributed by atoms with Crippen LogP contribution in [0.3, 0.4) is 0 Å². The van der Waals surface area contributed by atoms with Gasteiger partial charge in [0, 0.05) is 11.8 Å². The minimum Gasteiger partial charge on any atom is -0.346 e. The normalized spacial score (nSPS) is 11.2. The maximum atomic E-state index is 11.8. The van der Waals surface area contributed by atoms with Crippen molar-refractivity contribution in [1.29, 1.82) is 0 Å². The molecule has 1 N–H and O–H groups in total. The first-order valence-electron chi connectivity index (χ1n) is 5.58. The maximum Gasteiger partial charge on any atom is 0.251 e. The Morgan fingerprint density at radius 1 is 1.22 bits per heavy atom. The largest absolute Gasteiger partial charge is 0.346 e. The number of nitrogens with zero attached hydrogens (tertiary/aromatic N) is 1. The topological polar surface area (TPSA) is 41.5 Å². The van der Waals surface area contributed by atoms with E-state index in [0.29, 0.717) is 17.8 Å². The molecule has 18 heavy (non-hydrogen) atoms. The van der Waals surface area contributed by atoms with Crippen molar-refractivity contribution >= 4 is 12.1 Å². The Hall–Kier alpha value is -2.42. The number of amides is 1. The van der Waals surface area contributed by atoms with Crippen molar-refractivity contribution < 1.29 is 4.79 Å². The molecule has 1 amide bonds. The first kappa shape index (κ1) is 13.6. The summed E-state index contributed by atoms with van der Waals surface area (Å²) >= 11 is 0. The fourth-order valence-corrected chi connectivity index (χ4v) is 1.29. The predicted molar refractivity (Wildman–Crippen MR) is 75.7 cm³/mol. The van der Waals surface area contributed by atoms with Crippen molar-refractivity contribution in [2.24, 2.45) is 4.99 Å². The molecule has 0 aliphatic heterocycles. The predicted octanol–water partition coefficient (Wildman–Crippen LogP) is 2.74. The number of nitrogens with one attached hydrogen (secondary N) is 1. The Labute approximate surface area is 107 Å². The van der Waals surface area contributed by atoms with Crippen molar-refractivity contribution in [1.82, 2.24) is 5.32 Å². The minimum absolute atomic E-state index is 0.126. The molecule has 3 heteroatoms. The highest BCUT2D eigenvalue weighted by atomic mass is 16.1.